The number of rotatable bonds is 3. The van der Waals surface area contributed by atoms with Crippen molar-refractivity contribution < 1.29 is 4.79 Å². The maximum absolute atomic E-state index is 12.0. The van der Waals surface area contributed by atoms with Gasteiger partial charge in [0.1, 0.15) is 0 Å². The molecule has 1 aromatic heterocycles. The molecule has 2 rings (SSSR count). The number of Topliss-reactive ketones (excluding diaryl/α,β-unsaturated/α-hetero) is 1. The first kappa shape index (κ1) is 11.4. The van der Waals surface area contributed by atoms with E-state index in [4.69, 9.17) is 0 Å². The quantitative estimate of drug-likeness (QED) is 0.830. The molecule has 0 amide bonds. The van der Waals surface area contributed by atoms with E-state index in [2.05, 4.69) is 15.7 Å². The summed E-state index contributed by atoms with van der Waals surface area (Å²) in [5.41, 5.74) is 0.813. The van der Waals surface area contributed by atoms with E-state index in [1.54, 1.807) is 18.0 Å². The van der Waals surface area contributed by atoms with Gasteiger partial charge in [0.15, 0.2) is 5.78 Å². The van der Waals surface area contributed by atoms with E-state index in [0.717, 1.165) is 28.9 Å². The van der Waals surface area contributed by atoms with Gasteiger partial charge < -0.3 is 0 Å². The zero-order valence-electron chi connectivity index (χ0n) is 8.38. The number of carbonyl (C=O) groups is 1. The van der Waals surface area contributed by atoms with Crippen LogP contribution in [-0.2, 0) is 11.2 Å². The second-order valence-electron chi connectivity index (χ2n) is 3.41. The van der Waals surface area contributed by atoms with Crippen molar-refractivity contribution in [1.82, 2.24) is 8.75 Å². The number of carbonyl (C=O) groups excluding carboxylic acids is 1. The SMILES string of the molecule is CC1SCCSC1C(=O)Cc1cnsn1. The summed E-state index contributed by atoms with van der Waals surface area (Å²) >= 11 is 4.84. The lowest BCUT2D eigenvalue weighted by Gasteiger charge is -2.26. The normalized spacial score (nSPS) is 26.5. The van der Waals surface area contributed by atoms with Crippen LogP contribution in [0.1, 0.15) is 12.6 Å². The molecule has 1 saturated heterocycles. The molecule has 0 aromatic carbocycles. The molecule has 82 valence electrons. The Balaban J connectivity index is 1.95. The molecular formula is C9H12N2OS3. The predicted molar refractivity (Wildman–Crippen MR) is 66.8 cm³/mol. The van der Waals surface area contributed by atoms with E-state index in [0.29, 0.717) is 17.5 Å². The molecular weight excluding hydrogens is 248 g/mol. The minimum Gasteiger partial charge on any atom is -0.298 e. The largest absolute Gasteiger partial charge is 0.298 e. The van der Waals surface area contributed by atoms with Crippen molar-refractivity contribution in [2.45, 2.75) is 23.8 Å². The average molecular weight is 260 g/mol. The number of thioether (sulfide) groups is 2. The van der Waals surface area contributed by atoms with Gasteiger partial charge in [-0.15, -0.1) is 11.8 Å². The molecule has 1 aliphatic rings. The fraction of sp³-hybridized carbons (Fsp3) is 0.667. The van der Waals surface area contributed by atoms with E-state index in [1.807, 2.05) is 11.8 Å². The van der Waals surface area contributed by atoms with E-state index >= 15 is 0 Å². The van der Waals surface area contributed by atoms with Crippen LogP contribution in [0.2, 0.25) is 0 Å². The maximum atomic E-state index is 12.0. The van der Waals surface area contributed by atoms with Gasteiger partial charge in [-0.1, -0.05) is 6.92 Å². The number of nitrogens with zero attached hydrogens (tertiary/aromatic N) is 2. The molecule has 0 N–H and O–H groups in total. The molecule has 2 atom stereocenters. The minimum absolute atomic E-state index is 0.144. The Morgan fingerprint density at radius 2 is 2.33 bits per heavy atom. The number of hydrogen-bond donors (Lipinski definition) is 0. The zero-order chi connectivity index (χ0) is 10.7. The lowest BCUT2D eigenvalue weighted by molar-refractivity contribution is -0.117. The summed E-state index contributed by atoms with van der Waals surface area (Å²) in [6, 6.07) is 0. The Kier molecular flexibility index (Phi) is 4.05. The Morgan fingerprint density at radius 1 is 1.53 bits per heavy atom. The van der Waals surface area contributed by atoms with Crippen molar-refractivity contribution in [2.75, 3.05) is 11.5 Å². The van der Waals surface area contributed by atoms with Crippen LogP contribution in [0.5, 0.6) is 0 Å². The summed E-state index contributed by atoms with van der Waals surface area (Å²) in [6.07, 6.45) is 2.13. The molecule has 3 nitrogen and oxygen atoms in total. The molecule has 2 unspecified atom stereocenters. The smallest absolute Gasteiger partial charge is 0.152 e. The maximum Gasteiger partial charge on any atom is 0.152 e. The van der Waals surface area contributed by atoms with Crippen LogP contribution in [0.3, 0.4) is 0 Å². The molecule has 1 fully saturated rings. The van der Waals surface area contributed by atoms with Crippen LogP contribution >= 0.6 is 35.3 Å². The molecule has 1 aromatic rings. The van der Waals surface area contributed by atoms with Gasteiger partial charge >= 0.3 is 0 Å². The number of ketones is 1. The van der Waals surface area contributed by atoms with Crippen molar-refractivity contribution in [3.05, 3.63) is 11.9 Å². The van der Waals surface area contributed by atoms with Crippen molar-refractivity contribution in [1.29, 1.82) is 0 Å². The van der Waals surface area contributed by atoms with Gasteiger partial charge in [0, 0.05) is 16.8 Å². The molecule has 0 aliphatic carbocycles. The fourth-order valence-electron chi connectivity index (χ4n) is 1.53. The van der Waals surface area contributed by atoms with Crippen molar-refractivity contribution in [3.8, 4) is 0 Å². The van der Waals surface area contributed by atoms with Crippen LogP contribution < -0.4 is 0 Å². The van der Waals surface area contributed by atoms with Gasteiger partial charge in [0.2, 0.25) is 0 Å². The average Bonchev–Trinajstić information content (AvgIpc) is 2.71. The van der Waals surface area contributed by atoms with Gasteiger partial charge in [0.25, 0.3) is 0 Å². The second kappa shape index (κ2) is 5.32. The standard InChI is InChI=1S/C9H12N2OS3/c1-6-9(14-3-2-13-6)8(12)4-7-5-10-15-11-7/h5-6,9H,2-4H2,1H3. The van der Waals surface area contributed by atoms with Crippen LogP contribution in [0.25, 0.3) is 0 Å². The molecule has 15 heavy (non-hydrogen) atoms. The van der Waals surface area contributed by atoms with Gasteiger partial charge in [-0.05, 0) is 0 Å². The van der Waals surface area contributed by atoms with Crippen LogP contribution in [-0.4, -0.2) is 36.5 Å². The van der Waals surface area contributed by atoms with E-state index in [1.165, 1.54) is 0 Å². The van der Waals surface area contributed by atoms with Gasteiger partial charge in [-0.3, -0.25) is 4.79 Å². The number of aromatic nitrogens is 2. The molecule has 0 bridgehead atoms. The van der Waals surface area contributed by atoms with Crippen LogP contribution in [0.4, 0.5) is 0 Å². The Hall–Kier alpha value is -0.0700. The highest BCUT2D eigenvalue weighted by atomic mass is 32.2. The summed E-state index contributed by atoms with van der Waals surface area (Å²) in [5, 5.41) is 0.577. The first-order valence-corrected chi connectivity index (χ1v) is 7.62. The molecule has 0 radical (unpaired) electrons. The molecule has 2 heterocycles. The Bertz CT molecular complexity index is 328. The van der Waals surface area contributed by atoms with E-state index in [-0.39, 0.29) is 5.25 Å². The summed E-state index contributed by atoms with van der Waals surface area (Å²) in [7, 11) is 0. The Morgan fingerprint density at radius 3 is 3.00 bits per heavy atom. The van der Waals surface area contributed by atoms with E-state index in [9.17, 15) is 4.79 Å². The molecule has 0 spiro atoms. The van der Waals surface area contributed by atoms with Crippen LogP contribution in [0.15, 0.2) is 6.20 Å². The van der Waals surface area contributed by atoms with Gasteiger partial charge in [0.05, 0.1) is 35.3 Å². The fourth-order valence-corrected chi connectivity index (χ4v) is 4.69. The van der Waals surface area contributed by atoms with Crippen molar-refractivity contribution >= 4 is 41.0 Å². The lowest BCUT2D eigenvalue weighted by Crippen LogP contribution is -2.32. The van der Waals surface area contributed by atoms with Gasteiger partial charge in [-0.25, -0.2) is 0 Å². The topological polar surface area (TPSA) is 42.9 Å². The third-order valence-electron chi connectivity index (χ3n) is 2.27. The van der Waals surface area contributed by atoms with E-state index < -0.39 is 0 Å². The van der Waals surface area contributed by atoms with Crippen LogP contribution in [0, 0.1) is 0 Å². The molecule has 1 aliphatic heterocycles. The molecule has 6 heteroatoms. The van der Waals surface area contributed by atoms with Crippen molar-refractivity contribution in [3.63, 3.8) is 0 Å². The third-order valence-corrected chi connectivity index (χ3v) is 5.92. The highest BCUT2D eigenvalue weighted by molar-refractivity contribution is 8.07. The first-order chi connectivity index (χ1) is 7.27. The highest BCUT2D eigenvalue weighted by Crippen LogP contribution is 2.32. The monoisotopic (exact) mass is 260 g/mol. The summed E-state index contributed by atoms with van der Waals surface area (Å²) in [6.45, 7) is 2.14. The van der Waals surface area contributed by atoms with Gasteiger partial charge in [-0.2, -0.15) is 20.5 Å². The first-order valence-electron chi connectivity index (χ1n) is 4.79. The Labute approximate surface area is 102 Å². The third kappa shape index (κ3) is 2.95. The highest BCUT2D eigenvalue weighted by Gasteiger charge is 2.29. The second-order valence-corrected chi connectivity index (χ2v) is 6.70. The number of hydrogen-bond acceptors (Lipinski definition) is 6. The predicted octanol–water partition coefficient (Wildman–Crippen LogP) is 1.89. The minimum atomic E-state index is 0.144. The van der Waals surface area contributed by atoms with Crippen molar-refractivity contribution in [2.24, 2.45) is 0 Å². The molecule has 0 saturated carbocycles. The lowest BCUT2D eigenvalue weighted by atomic mass is 10.1. The summed E-state index contributed by atoms with van der Waals surface area (Å²) < 4.78 is 7.98. The summed E-state index contributed by atoms with van der Waals surface area (Å²) in [4.78, 5) is 12.0. The summed E-state index contributed by atoms with van der Waals surface area (Å²) in [5.74, 6) is 2.54. The zero-order valence-corrected chi connectivity index (χ0v) is 10.8.